The van der Waals surface area contributed by atoms with E-state index in [4.69, 9.17) is 0 Å². The van der Waals surface area contributed by atoms with Gasteiger partial charge in [-0.1, -0.05) is 36.4 Å². The third-order valence-corrected chi connectivity index (χ3v) is 3.14. The molecule has 3 heteroatoms. The van der Waals surface area contributed by atoms with Gasteiger partial charge in [0.2, 0.25) is 0 Å². The van der Waals surface area contributed by atoms with E-state index in [0.717, 1.165) is 16.6 Å². The van der Waals surface area contributed by atoms with Gasteiger partial charge in [-0.15, -0.1) is 0 Å². The molecule has 0 atom stereocenters. The molecule has 0 saturated heterocycles. The molecule has 0 unspecified atom stereocenters. The van der Waals surface area contributed by atoms with E-state index < -0.39 is 0 Å². The SMILES string of the molecule is O=C(CNc1ccccc1)c1cnc2ccccc2c1. The van der Waals surface area contributed by atoms with Crippen LogP contribution in [0.15, 0.2) is 66.9 Å². The first-order chi connectivity index (χ1) is 9.83. The lowest BCUT2D eigenvalue weighted by atomic mass is 10.1. The van der Waals surface area contributed by atoms with Crippen LogP contribution in [0.1, 0.15) is 10.4 Å². The molecular weight excluding hydrogens is 248 g/mol. The number of anilines is 1. The lowest BCUT2D eigenvalue weighted by molar-refractivity contribution is 0.101. The van der Waals surface area contributed by atoms with Crippen LogP contribution < -0.4 is 5.32 Å². The molecule has 0 fully saturated rings. The zero-order valence-corrected chi connectivity index (χ0v) is 10.9. The number of carbonyl (C=O) groups is 1. The van der Waals surface area contributed by atoms with Crippen molar-refractivity contribution >= 4 is 22.4 Å². The predicted octanol–water partition coefficient (Wildman–Crippen LogP) is 3.53. The molecule has 98 valence electrons. The summed E-state index contributed by atoms with van der Waals surface area (Å²) in [5.74, 6) is 0.0344. The van der Waals surface area contributed by atoms with Gasteiger partial charge in [0.05, 0.1) is 12.1 Å². The summed E-state index contributed by atoms with van der Waals surface area (Å²) in [5, 5.41) is 4.10. The van der Waals surface area contributed by atoms with Gasteiger partial charge >= 0.3 is 0 Å². The Balaban J connectivity index is 1.75. The van der Waals surface area contributed by atoms with Gasteiger partial charge in [0.1, 0.15) is 0 Å². The standard InChI is InChI=1S/C17H14N2O/c20-17(12-18-15-7-2-1-3-8-15)14-10-13-6-4-5-9-16(13)19-11-14/h1-11,18H,12H2. The van der Waals surface area contributed by atoms with Crippen molar-refractivity contribution in [2.45, 2.75) is 0 Å². The molecule has 20 heavy (non-hydrogen) atoms. The molecule has 3 nitrogen and oxygen atoms in total. The Kier molecular flexibility index (Phi) is 3.42. The molecule has 0 spiro atoms. The second-order valence-electron chi connectivity index (χ2n) is 4.56. The average Bonchev–Trinajstić information content (AvgIpc) is 2.53. The summed E-state index contributed by atoms with van der Waals surface area (Å²) in [4.78, 5) is 16.5. The minimum absolute atomic E-state index is 0.0344. The van der Waals surface area contributed by atoms with E-state index in [-0.39, 0.29) is 12.3 Å². The first-order valence-electron chi connectivity index (χ1n) is 6.50. The first-order valence-corrected chi connectivity index (χ1v) is 6.50. The Labute approximate surface area is 117 Å². The lowest BCUT2D eigenvalue weighted by Crippen LogP contribution is -2.14. The number of hydrogen-bond donors (Lipinski definition) is 1. The van der Waals surface area contributed by atoms with Gasteiger partial charge < -0.3 is 5.32 Å². The fraction of sp³-hybridized carbons (Fsp3) is 0.0588. The molecule has 0 bridgehead atoms. The van der Waals surface area contributed by atoms with Crippen LogP contribution in [0.4, 0.5) is 5.69 Å². The maximum Gasteiger partial charge on any atom is 0.183 e. The van der Waals surface area contributed by atoms with Crippen molar-refractivity contribution in [1.82, 2.24) is 4.98 Å². The van der Waals surface area contributed by atoms with Gasteiger partial charge in [0, 0.05) is 22.8 Å². The van der Waals surface area contributed by atoms with Gasteiger partial charge in [0.15, 0.2) is 5.78 Å². The highest BCUT2D eigenvalue weighted by Gasteiger charge is 2.07. The van der Waals surface area contributed by atoms with E-state index in [2.05, 4.69) is 10.3 Å². The summed E-state index contributed by atoms with van der Waals surface area (Å²) in [5.41, 5.74) is 2.47. The number of para-hydroxylation sites is 2. The normalized spacial score (nSPS) is 10.4. The molecule has 0 saturated carbocycles. The quantitative estimate of drug-likeness (QED) is 0.731. The summed E-state index contributed by atoms with van der Waals surface area (Å²) < 4.78 is 0. The second kappa shape index (κ2) is 5.53. The van der Waals surface area contributed by atoms with Gasteiger partial charge in [-0.2, -0.15) is 0 Å². The summed E-state index contributed by atoms with van der Waals surface area (Å²) in [6, 6.07) is 19.4. The number of carbonyl (C=O) groups excluding carboxylic acids is 1. The number of pyridine rings is 1. The van der Waals surface area contributed by atoms with Crippen LogP contribution in [0.25, 0.3) is 10.9 Å². The van der Waals surface area contributed by atoms with Crippen molar-refractivity contribution in [3.05, 3.63) is 72.4 Å². The Morgan fingerprint density at radius 2 is 1.75 bits per heavy atom. The van der Waals surface area contributed by atoms with E-state index in [1.807, 2.05) is 60.7 Å². The Morgan fingerprint density at radius 3 is 2.60 bits per heavy atom. The molecular formula is C17H14N2O. The zero-order chi connectivity index (χ0) is 13.8. The molecule has 3 rings (SSSR count). The van der Waals surface area contributed by atoms with Crippen molar-refractivity contribution in [2.75, 3.05) is 11.9 Å². The van der Waals surface area contributed by atoms with Gasteiger partial charge in [-0.25, -0.2) is 0 Å². The third kappa shape index (κ3) is 2.67. The van der Waals surface area contributed by atoms with Crippen LogP contribution in [0.5, 0.6) is 0 Å². The number of rotatable bonds is 4. The predicted molar refractivity (Wildman–Crippen MR) is 81.0 cm³/mol. The third-order valence-electron chi connectivity index (χ3n) is 3.14. The summed E-state index contributed by atoms with van der Waals surface area (Å²) in [6.07, 6.45) is 1.64. The number of benzene rings is 2. The van der Waals surface area contributed by atoms with Crippen LogP contribution in [0.2, 0.25) is 0 Å². The van der Waals surface area contributed by atoms with Gasteiger partial charge in [-0.3, -0.25) is 9.78 Å². The van der Waals surface area contributed by atoms with Crippen LogP contribution in [0.3, 0.4) is 0 Å². The molecule has 1 heterocycles. The van der Waals surface area contributed by atoms with Gasteiger partial charge in [0.25, 0.3) is 0 Å². The van der Waals surface area contributed by atoms with Crippen LogP contribution in [0, 0.1) is 0 Å². The van der Waals surface area contributed by atoms with Crippen molar-refractivity contribution in [3.63, 3.8) is 0 Å². The Hall–Kier alpha value is -2.68. The van der Waals surface area contributed by atoms with Crippen LogP contribution in [-0.4, -0.2) is 17.3 Å². The van der Waals surface area contributed by atoms with Crippen molar-refractivity contribution in [1.29, 1.82) is 0 Å². The van der Waals surface area contributed by atoms with Crippen LogP contribution >= 0.6 is 0 Å². The minimum atomic E-state index is 0.0344. The zero-order valence-electron chi connectivity index (χ0n) is 10.9. The molecule has 0 radical (unpaired) electrons. The smallest absolute Gasteiger partial charge is 0.183 e. The number of nitrogens with zero attached hydrogens (tertiary/aromatic N) is 1. The van der Waals surface area contributed by atoms with Gasteiger partial charge in [-0.05, 0) is 24.3 Å². The lowest BCUT2D eigenvalue weighted by Gasteiger charge is -2.06. The van der Waals surface area contributed by atoms with Crippen molar-refractivity contribution < 1.29 is 4.79 Å². The highest BCUT2D eigenvalue weighted by Crippen LogP contribution is 2.13. The first kappa shape index (κ1) is 12.4. The summed E-state index contributed by atoms with van der Waals surface area (Å²) in [6.45, 7) is 0.268. The van der Waals surface area contributed by atoms with Crippen molar-refractivity contribution in [2.24, 2.45) is 0 Å². The fourth-order valence-electron chi connectivity index (χ4n) is 2.06. The topological polar surface area (TPSA) is 42.0 Å². The molecule has 0 aliphatic carbocycles. The van der Waals surface area contributed by atoms with E-state index in [1.165, 1.54) is 0 Å². The molecule has 1 aromatic heterocycles. The Morgan fingerprint density at radius 1 is 1.00 bits per heavy atom. The molecule has 0 amide bonds. The number of Topliss-reactive ketones (excluding diaryl/α,β-unsaturated/α-hetero) is 1. The number of nitrogens with one attached hydrogen (secondary N) is 1. The summed E-state index contributed by atoms with van der Waals surface area (Å²) in [7, 11) is 0. The second-order valence-corrected chi connectivity index (χ2v) is 4.56. The van der Waals surface area contributed by atoms with Crippen molar-refractivity contribution in [3.8, 4) is 0 Å². The maximum absolute atomic E-state index is 12.2. The number of ketones is 1. The highest BCUT2D eigenvalue weighted by molar-refractivity contribution is 6.01. The maximum atomic E-state index is 12.2. The minimum Gasteiger partial charge on any atom is -0.378 e. The monoisotopic (exact) mass is 262 g/mol. The molecule has 1 N–H and O–H groups in total. The van der Waals surface area contributed by atoms with Crippen LogP contribution in [-0.2, 0) is 0 Å². The van der Waals surface area contributed by atoms with E-state index in [1.54, 1.807) is 6.20 Å². The fourth-order valence-corrected chi connectivity index (χ4v) is 2.06. The summed E-state index contributed by atoms with van der Waals surface area (Å²) >= 11 is 0. The molecule has 0 aliphatic rings. The van der Waals surface area contributed by atoms with E-state index in [0.29, 0.717) is 5.56 Å². The van der Waals surface area contributed by atoms with E-state index in [9.17, 15) is 4.79 Å². The average molecular weight is 262 g/mol. The largest absolute Gasteiger partial charge is 0.378 e. The number of aromatic nitrogens is 1. The number of fused-ring (bicyclic) bond motifs is 1. The highest BCUT2D eigenvalue weighted by atomic mass is 16.1. The molecule has 2 aromatic carbocycles. The number of hydrogen-bond acceptors (Lipinski definition) is 3. The molecule has 3 aromatic rings. The molecule has 0 aliphatic heterocycles. The Bertz CT molecular complexity index is 738. The van der Waals surface area contributed by atoms with E-state index >= 15 is 0 Å².